The number of benzene rings is 3. The lowest BCUT2D eigenvalue weighted by Gasteiger charge is -2.25. The van der Waals surface area contributed by atoms with Gasteiger partial charge in [-0.3, -0.25) is 13.9 Å². The Hall–Kier alpha value is -3.07. The van der Waals surface area contributed by atoms with Crippen molar-refractivity contribution in [2.24, 2.45) is 0 Å². The Morgan fingerprint density at radius 3 is 2.17 bits per heavy atom. The highest BCUT2D eigenvalue weighted by Gasteiger charge is 2.29. The molecule has 0 saturated heterocycles. The van der Waals surface area contributed by atoms with E-state index in [9.17, 15) is 18.0 Å². The summed E-state index contributed by atoms with van der Waals surface area (Å²) in [5.41, 5.74) is 0.0532. The van der Waals surface area contributed by atoms with Crippen LogP contribution in [-0.2, 0) is 14.8 Å². The summed E-state index contributed by atoms with van der Waals surface area (Å²) in [5.74, 6) is -1.04. The highest BCUT2D eigenvalue weighted by Crippen LogP contribution is 2.35. The number of carbonyl (C=O) groups is 2. The summed E-state index contributed by atoms with van der Waals surface area (Å²) in [6.45, 7) is 4.92. The van der Waals surface area contributed by atoms with Gasteiger partial charge in [-0.25, -0.2) is 8.42 Å². The van der Waals surface area contributed by atoms with Gasteiger partial charge in [-0.1, -0.05) is 59.6 Å². The normalized spacial score (nSPS) is 11.6. The third kappa shape index (κ3) is 6.54. The van der Waals surface area contributed by atoms with Gasteiger partial charge in [0.2, 0.25) is 5.91 Å². The number of nitrogens with zero attached hydrogens (tertiary/aromatic N) is 1. The summed E-state index contributed by atoms with van der Waals surface area (Å²) in [4.78, 5) is 25.8. The van der Waals surface area contributed by atoms with Crippen LogP contribution in [0.3, 0.4) is 0 Å². The Labute approximate surface area is 215 Å². The van der Waals surface area contributed by atoms with Gasteiger partial charge < -0.3 is 10.6 Å². The van der Waals surface area contributed by atoms with Crippen molar-refractivity contribution in [3.63, 3.8) is 0 Å². The molecule has 0 radical (unpaired) electrons. The van der Waals surface area contributed by atoms with E-state index < -0.39 is 28.0 Å². The zero-order chi connectivity index (χ0) is 25.8. The lowest BCUT2D eigenvalue weighted by atomic mass is 10.1. The fraction of sp³-hybridized carbons (Fsp3) is 0.200. The molecule has 0 saturated carbocycles. The number of para-hydroxylation sites is 1. The van der Waals surface area contributed by atoms with Crippen molar-refractivity contribution in [1.29, 1.82) is 0 Å². The van der Waals surface area contributed by atoms with E-state index in [0.29, 0.717) is 0 Å². The summed E-state index contributed by atoms with van der Waals surface area (Å²) in [6, 6.07) is 18.7. The van der Waals surface area contributed by atoms with Gasteiger partial charge in [0.15, 0.2) is 0 Å². The molecular formula is C25H25Cl2N3O4S. The minimum Gasteiger partial charge on any atom is -0.347 e. The maximum absolute atomic E-state index is 13.5. The third-order valence-corrected chi connectivity index (χ3v) is 7.34. The van der Waals surface area contributed by atoms with Gasteiger partial charge >= 0.3 is 0 Å². The molecular weight excluding hydrogens is 509 g/mol. The summed E-state index contributed by atoms with van der Waals surface area (Å²) < 4.78 is 27.9. The predicted molar refractivity (Wildman–Crippen MR) is 140 cm³/mol. The van der Waals surface area contributed by atoms with Gasteiger partial charge in [-0.15, -0.1) is 0 Å². The van der Waals surface area contributed by atoms with Gasteiger partial charge in [0, 0.05) is 5.54 Å². The SMILES string of the molecule is CC(C)(C)NC(=O)c1ccccc1NC(=O)CN(c1cccc(Cl)c1Cl)S(=O)(=O)c1ccccc1. The Morgan fingerprint density at radius 1 is 0.886 bits per heavy atom. The maximum Gasteiger partial charge on any atom is 0.264 e. The van der Waals surface area contributed by atoms with Crippen LogP contribution in [0.5, 0.6) is 0 Å². The number of hydrogen-bond donors (Lipinski definition) is 2. The lowest BCUT2D eigenvalue weighted by molar-refractivity contribution is -0.114. The summed E-state index contributed by atoms with van der Waals surface area (Å²) >= 11 is 12.5. The van der Waals surface area contributed by atoms with Gasteiger partial charge in [0.25, 0.3) is 15.9 Å². The number of sulfonamides is 1. The van der Waals surface area contributed by atoms with Gasteiger partial charge in [-0.05, 0) is 57.2 Å². The van der Waals surface area contributed by atoms with Crippen LogP contribution in [0, 0.1) is 0 Å². The minimum atomic E-state index is -4.18. The molecule has 0 fully saturated rings. The van der Waals surface area contributed by atoms with E-state index >= 15 is 0 Å². The zero-order valence-corrected chi connectivity index (χ0v) is 21.7. The van der Waals surface area contributed by atoms with Crippen molar-refractivity contribution < 1.29 is 18.0 Å². The molecule has 0 aliphatic rings. The van der Waals surface area contributed by atoms with E-state index in [2.05, 4.69) is 10.6 Å². The van der Waals surface area contributed by atoms with Crippen molar-refractivity contribution >= 4 is 56.4 Å². The fourth-order valence-corrected chi connectivity index (χ4v) is 5.12. The molecule has 184 valence electrons. The van der Waals surface area contributed by atoms with E-state index in [1.54, 1.807) is 48.5 Å². The number of nitrogens with one attached hydrogen (secondary N) is 2. The number of amides is 2. The van der Waals surface area contributed by atoms with Crippen molar-refractivity contribution in [3.8, 4) is 0 Å². The molecule has 3 aromatic carbocycles. The topological polar surface area (TPSA) is 95.6 Å². The summed E-state index contributed by atoms with van der Waals surface area (Å²) in [7, 11) is -4.18. The van der Waals surface area contributed by atoms with Crippen molar-refractivity contribution in [2.75, 3.05) is 16.2 Å². The Kier molecular flexibility index (Phi) is 8.10. The van der Waals surface area contributed by atoms with Crippen LogP contribution >= 0.6 is 23.2 Å². The molecule has 0 heterocycles. The Morgan fingerprint density at radius 2 is 1.51 bits per heavy atom. The van der Waals surface area contributed by atoms with Crippen LogP contribution in [0.4, 0.5) is 11.4 Å². The summed E-state index contributed by atoms with van der Waals surface area (Å²) in [5, 5.41) is 5.63. The molecule has 10 heteroatoms. The number of anilines is 2. The van der Waals surface area contributed by atoms with Crippen molar-refractivity contribution in [2.45, 2.75) is 31.2 Å². The summed E-state index contributed by atoms with van der Waals surface area (Å²) in [6.07, 6.45) is 0. The molecule has 0 unspecified atom stereocenters. The Bertz CT molecular complexity index is 1340. The van der Waals surface area contributed by atoms with E-state index in [1.807, 2.05) is 20.8 Å². The van der Waals surface area contributed by atoms with Crippen LogP contribution in [-0.4, -0.2) is 32.3 Å². The molecule has 0 aliphatic heterocycles. The van der Waals surface area contributed by atoms with Gasteiger partial charge in [0.1, 0.15) is 6.54 Å². The first-order chi connectivity index (χ1) is 16.4. The molecule has 3 rings (SSSR count). The number of halogens is 2. The molecule has 2 amide bonds. The monoisotopic (exact) mass is 533 g/mol. The van der Waals surface area contributed by atoms with Crippen LogP contribution in [0.15, 0.2) is 77.7 Å². The van der Waals surface area contributed by atoms with Gasteiger partial charge in [0.05, 0.1) is 31.9 Å². The number of rotatable bonds is 7. The maximum atomic E-state index is 13.5. The second kappa shape index (κ2) is 10.7. The molecule has 0 spiro atoms. The number of carbonyl (C=O) groups excluding carboxylic acids is 2. The quantitative estimate of drug-likeness (QED) is 0.427. The molecule has 7 nitrogen and oxygen atoms in total. The minimum absolute atomic E-state index is 0.00794. The fourth-order valence-electron chi connectivity index (χ4n) is 3.22. The average molecular weight is 534 g/mol. The van der Waals surface area contributed by atoms with E-state index in [1.165, 1.54) is 24.3 Å². The molecule has 0 aliphatic carbocycles. The molecule has 0 aromatic heterocycles. The van der Waals surface area contributed by atoms with Crippen LogP contribution < -0.4 is 14.9 Å². The molecule has 0 atom stereocenters. The van der Waals surface area contributed by atoms with E-state index in [0.717, 1.165) is 4.31 Å². The lowest BCUT2D eigenvalue weighted by Crippen LogP contribution is -2.41. The second-order valence-corrected chi connectivity index (χ2v) is 11.3. The van der Waals surface area contributed by atoms with Crippen molar-refractivity contribution in [1.82, 2.24) is 5.32 Å². The first kappa shape index (κ1) is 26.5. The van der Waals surface area contributed by atoms with Crippen LogP contribution in [0.25, 0.3) is 0 Å². The predicted octanol–water partition coefficient (Wildman–Crippen LogP) is 5.36. The Balaban J connectivity index is 1.96. The zero-order valence-electron chi connectivity index (χ0n) is 19.4. The molecule has 2 N–H and O–H groups in total. The standard InChI is InChI=1S/C25H25Cl2N3O4S/c1-25(2,3)29-24(32)18-12-7-8-14-20(18)28-22(31)16-30(21-15-9-13-19(26)23(21)27)35(33,34)17-10-5-4-6-11-17/h4-15H,16H2,1-3H3,(H,28,31)(H,29,32). The van der Waals surface area contributed by atoms with E-state index in [-0.39, 0.29) is 37.8 Å². The van der Waals surface area contributed by atoms with Crippen LogP contribution in [0.2, 0.25) is 10.0 Å². The second-order valence-electron chi connectivity index (χ2n) is 8.70. The highest BCUT2D eigenvalue weighted by molar-refractivity contribution is 7.92. The number of hydrogen-bond acceptors (Lipinski definition) is 4. The van der Waals surface area contributed by atoms with Gasteiger partial charge in [-0.2, -0.15) is 0 Å². The smallest absolute Gasteiger partial charge is 0.264 e. The van der Waals surface area contributed by atoms with Crippen molar-refractivity contribution in [3.05, 3.63) is 88.4 Å². The third-order valence-electron chi connectivity index (χ3n) is 4.75. The van der Waals surface area contributed by atoms with E-state index in [4.69, 9.17) is 23.2 Å². The highest BCUT2D eigenvalue weighted by atomic mass is 35.5. The molecule has 0 bridgehead atoms. The molecule has 35 heavy (non-hydrogen) atoms. The largest absolute Gasteiger partial charge is 0.347 e. The molecule has 3 aromatic rings. The first-order valence-corrected chi connectivity index (χ1v) is 12.8. The van der Waals surface area contributed by atoms with Crippen LogP contribution in [0.1, 0.15) is 31.1 Å². The average Bonchev–Trinajstić information content (AvgIpc) is 2.79. The first-order valence-electron chi connectivity index (χ1n) is 10.6.